The zero-order chi connectivity index (χ0) is 23.2. The molecule has 33 heavy (non-hydrogen) atoms. The molecule has 0 bridgehead atoms. The minimum atomic E-state index is -0.743. The molecule has 0 aliphatic carbocycles. The molecule has 5 rings (SSSR count). The van der Waals surface area contributed by atoms with Crippen molar-refractivity contribution < 1.29 is 13.9 Å². The lowest BCUT2D eigenvalue weighted by atomic mass is 9.72. The number of para-hydroxylation sites is 1. The van der Waals surface area contributed by atoms with Crippen molar-refractivity contribution >= 4 is 25.2 Å². The van der Waals surface area contributed by atoms with Crippen LogP contribution in [0.5, 0.6) is 0 Å². The van der Waals surface area contributed by atoms with Crippen LogP contribution < -0.4 is 9.80 Å². The Kier molecular flexibility index (Phi) is 5.85. The van der Waals surface area contributed by atoms with E-state index in [4.69, 9.17) is 4.74 Å². The molecule has 0 radical (unpaired) electrons. The molecule has 7 heteroatoms. The summed E-state index contributed by atoms with van der Waals surface area (Å²) < 4.78 is 19.2. The number of carbonyl (C=O) groups excluding carboxylic acids is 1. The molecule has 0 N–H and O–H groups in total. The first-order valence-corrected chi connectivity index (χ1v) is 12.1. The van der Waals surface area contributed by atoms with Crippen LogP contribution in [0.4, 0.5) is 15.8 Å². The van der Waals surface area contributed by atoms with E-state index in [0.29, 0.717) is 18.4 Å². The second kappa shape index (κ2) is 8.67. The normalized spacial score (nSPS) is 23.6. The fraction of sp³-hybridized carbons (Fsp3) is 0.500. The molecule has 1 fully saturated rings. The Balaban J connectivity index is 1.26. The van der Waals surface area contributed by atoms with Gasteiger partial charge in [-0.25, -0.2) is 4.39 Å². The average Bonchev–Trinajstić information content (AvgIpc) is 3.10. The summed E-state index contributed by atoms with van der Waals surface area (Å²) >= 11 is 0. The van der Waals surface area contributed by atoms with Crippen LogP contribution >= 0.6 is 0 Å². The summed E-state index contributed by atoms with van der Waals surface area (Å²) in [6, 6.07) is 13.7. The zero-order valence-electron chi connectivity index (χ0n) is 19.9. The largest absolute Gasteiger partial charge is 0.464 e. The quantitative estimate of drug-likeness (QED) is 0.501. The Morgan fingerprint density at radius 2 is 1.97 bits per heavy atom. The number of piperidine rings is 1. The smallest absolute Gasteiger partial charge is 0.302 e. The van der Waals surface area contributed by atoms with E-state index in [-0.39, 0.29) is 11.8 Å². The highest BCUT2D eigenvalue weighted by molar-refractivity contribution is 6.15. The summed E-state index contributed by atoms with van der Waals surface area (Å²) in [4.78, 5) is 19.4. The molecule has 1 saturated heterocycles. The molecule has 174 valence electrons. The van der Waals surface area contributed by atoms with E-state index in [0.717, 1.165) is 44.7 Å². The third-order valence-electron chi connectivity index (χ3n) is 7.83. The lowest BCUT2D eigenvalue weighted by Crippen LogP contribution is -2.49. The van der Waals surface area contributed by atoms with E-state index in [2.05, 4.69) is 39.9 Å². The van der Waals surface area contributed by atoms with Crippen molar-refractivity contribution in [2.45, 2.75) is 43.6 Å². The summed E-state index contributed by atoms with van der Waals surface area (Å²) in [7, 11) is 4.13. The molecular formula is C26H33BFN3O2. The fourth-order valence-corrected chi connectivity index (χ4v) is 6.19. The number of likely N-dealkylation sites (tertiary alicyclic amines) is 1. The van der Waals surface area contributed by atoms with Gasteiger partial charge < -0.3 is 19.4 Å². The monoisotopic (exact) mass is 449 g/mol. The first kappa shape index (κ1) is 22.3. The van der Waals surface area contributed by atoms with Gasteiger partial charge in [-0.1, -0.05) is 24.3 Å². The summed E-state index contributed by atoms with van der Waals surface area (Å²) in [6.07, 6.45) is 2.81. The Hall–Kier alpha value is -2.54. The topological polar surface area (TPSA) is 36.0 Å². The summed E-state index contributed by atoms with van der Waals surface area (Å²) in [5, 5.41) is 0. The second-order valence-electron chi connectivity index (χ2n) is 10.0. The van der Waals surface area contributed by atoms with Gasteiger partial charge in [-0.3, -0.25) is 4.79 Å². The molecule has 0 spiro atoms. The van der Waals surface area contributed by atoms with Gasteiger partial charge in [0.1, 0.15) is 11.3 Å². The molecule has 2 aromatic carbocycles. The van der Waals surface area contributed by atoms with Crippen molar-refractivity contribution in [3.05, 3.63) is 59.4 Å². The molecule has 5 nitrogen and oxygen atoms in total. The number of nitrogens with zero attached hydrogens (tertiary/aromatic N) is 3. The molecular weight excluding hydrogens is 416 g/mol. The lowest BCUT2D eigenvalue weighted by Gasteiger charge is -2.42. The zero-order valence-corrected chi connectivity index (χ0v) is 19.9. The highest BCUT2D eigenvalue weighted by atomic mass is 19.1. The van der Waals surface area contributed by atoms with Gasteiger partial charge in [-0.05, 0) is 55.1 Å². The maximum absolute atomic E-state index is 13.4. The van der Waals surface area contributed by atoms with Crippen LogP contribution in [-0.4, -0.2) is 64.5 Å². The molecule has 0 amide bonds. The molecule has 1 unspecified atom stereocenters. The van der Waals surface area contributed by atoms with Crippen molar-refractivity contribution in [1.82, 2.24) is 4.90 Å². The molecule has 3 aliphatic rings. The Labute approximate surface area is 196 Å². The predicted octanol–water partition coefficient (Wildman–Crippen LogP) is 3.08. The predicted molar refractivity (Wildman–Crippen MR) is 132 cm³/mol. The Morgan fingerprint density at radius 1 is 1.18 bits per heavy atom. The lowest BCUT2D eigenvalue weighted by molar-refractivity contribution is -0.150. The van der Waals surface area contributed by atoms with Crippen LogP contribution in [-0.2, 0) is 15.0 Å². The number of fused-ring (bicyclic) bond motifs is 3. The first-order chi connectivity index (χ1) is 15.9. The van der Waals surface area contributed by atoms with Crippen molar-refractivity contribution in [1.29, 1.82) is 0 Å². The van der Waals surface area contributed by atoms with Gasteiger partial charge in [0.2, 0.25) is 0 Å². The number of hydrogen-bond acceptors (Lipinski definition) is 5. The highest BCUT2D eigenvalue weighted by Gasteiger charge is 2.44. The van der Waals surface area contributed by atoms with Gasteiger partial charge in [0.25, 0.3) is 0 Å². The average molecular weight is 449 g/mol. The van der Waals surface area contributed by atoms with E-state index in [1.54, 1.807) is 12.1 Å². The van der Waals surface area contributed by atoms with Gasteiger partial charge in [0.05, 0.1) is 11.4 Å². The van der Waals surface area contributed by atoms with E-state index in [9.17, 15) is 9.18 Å². The van der Waals surface area contributed by atoms with E-state index >= 15 is 0 Å². The van der Waals surface area contributed by atoms with Crippen molar-refractivity contribution in [2.75, 3.05) is 49.6 Å². The number of anilines is 2. The van der Waals surface area contributed by atoms with Gasteiger partial charge in [-0.2, -0.15) is 0 Å². The minimum absolute atomic E-state index is 0.281. The maximum atomic E-state index is 13.4. The minimum Gasteiger partial charge on any atom is -0.464 e. The summed E-state index contributed by atoms with van der Waals surface area (Å²) in [5.74, 6) is -0.0373. The van der Waals surface area contributed by atoms with Gasteiger partial charge in [-0.15, -0.1) is 0 Å². The van der Waals surface area contributed by atoms with Crippen LogP contribution in [0.2, 0.25) is 0 Å². The highest BCUT2D eigenvalue weighted by Crippen LogP contribution is 2.50. The standard InChI is InChI=1S/C26H33BFN3O2/c1-18(32)33-26(27,19-7-9-20(28)10-8-19)12-4-13-30-14-11-23-22(17-30)21-5-3-6-24-25(21)31(23)16-15-29(24)2/h3,5-10,22-23H,4,11-17,27H2,1-2H3/t22-,23-,26?/m0/s1. The first-order valence-electron chi connectivity index (χ1n) is 12.1. The molecule has 0 aromatic heterocycles. The second-order valence-corrected chi connectivity index (χ2v) is 10.0. The van der Waals surface area contributed by atoms with Crippen molar-refractivity contribution in [2.24, 2.45) is 0 Å². The van der Waals surface area contributed by atoms with Gasteiger partial charge >= 0.3 is 5.97 Å². The number of rotatable bonds is 6. The molecule has 3 aliphatic heterocycles. The van der Waals surface area contributed by atoms with Gasteiger partial charge in [0.15, 0.2) is 7.85 Å². The third kappa shape index (κ3) is 4.12. The number of likely N-dealkylation sites (N-methyl/N-ethyl adjacent to an activating group) is 1. The Morgan fingerprint density at radius 3 is 2.73 bits per heavy atom. The summed E-state index contributed by atoms with van der Waals surface area (Å²) in [6.45, 7) is 6.77. The van der Waals surface area contributed by atoms with Crippen LogP contribution in [0.3, 0.4) is 0 Å². The summed E-state index contributed by atoms with van der Waals surface area (Å²) in [5.41, 5.74) is 4.43. The Bertz CT molecular complexity index is 1030. The number of ether oxygens (including phenoxy) is 1. The fourth-order valence-electron chi connectivity index (χ4n) is 6.19. The molecule has 3 heterocycles. The SMILES string of the molecule is BC(CCCN1CC[C@H]2[C@@H](C1)c1cccc3c1N2CCN3C)(OC(C)=O)c1ccc(F)cc1. The van der Waals surface area contributed by atoms with E-state index < -0.39 is 5.50 Å². The molecule has 0 saturated carbocycles. The van der Waals surface area contributed by atoms with E-state index in [1.165, 1.54) is 42.4 Å². The number of carbonyl (C=O) groups is 1. The van der Waals surface area contributed by atoms with Crippen LogP contribution in [0.15, 0.2) is 42.5 Å². The van der Waals surface area contributed by atoms with Crippen molar-refractivity contribution in [3.63, 3.8) is 0 Å². The van der Waals surface area contributed by atoms with Crippen LogP contribution in [0.1, 0.15) is 43.2 Å². The molecule has 2 aromatic rings. The third-order valence-corrected chi connectivity index (χ3v) is 7.83. The van der Waals surface area contributed by atoms with Crippen LogP contribution in [0.25, 0.3) is 0 Å². The number of esters is 1. The van der Waals surface area contributed by atoms with Crippen molar-refractivity contribution in [3.8, 4) is 0 Å². The number of hydrogen-bond donors (Lipinski definition) is 0. The van der Waals surface area contributed by atoms with E-state index in [1.807, 2.05) is 7.85 Å². The van der Waals surface area contributed by atoms with Crippen LogP contribution in [0, 0.1) is 5.82 Å². The van der Waals surface area contributed by atoms with Gasteiger partial charge in [0, 0.05) is 52.1 Å². The maximum Gasteiger partial charge on any atom is 0.302 e. The number of halogens is 1. The molecule has 3 atom stereocenters. The number of benzene rings is 2.